The summed E-state index contributed by atoms with van der Waals surface area (Å²) in [5.41, 5.74) is 0.660. The Morgan fingerprint density at radius 2 is 2.26 bits per heavy atom. The zero-order chi connectivity index (χ0) is 14.0. The summed E-state index contributed by atoms with van der Waals surface area (Å²) < 4.78 is 5.93. The van der Waals surface area contributed by atoms with Crippen LogP contribution in [0.5, 0.6) is 0 Å². The number of anilines is 1. The summed E-state index contributed by atoms with van der Waals surface area (Å²) in [5.74, 6) is 1.39. The summed E-state index contributed by atoms with van der Waals surface area (Å²) in [6, 6.07) is 1.40. The molecule has 0 aromatic carbocycles. The molecule has 2 aromatic heterocycles. The lowest BCUT2D eigenvalue weighted by atomic mass is 10.3. The largest absolute Gasteiger partial charge is 0.444 e. The monoisotopic (exact) mass is 326 g/mol. The molecule has 2 heterocycles. The number of pyridine rings is 1. The first-order valence-electron chi connectivity index (χ1n) is 5.44. The Labute approximate surface area is 117 Å². The molecule has 0 aliphatic rings. The molecule has 0 saturated heterocycles. The number of halogens is 1. The van der Waals surface area contributed by atoms with Gasteiger partial charge in [-0.05, 0) is 22.9 Å². The Morgan fingerprint density at radius 3 is 2.84 bits per heavy atom. The third-order valence-corrected chi connectivity index (χ3v) is 2.88. The van der Waals surface area contributed by atoms with Gasteiger partial charge in [-0.25, -0.2) is 9.97 Å². The van der Waals surface area contributed by atoms with E-state index < -0.39 is 4.92 Å². The summed E-state index contributed by atoms with van der Waals surface area (Å²) >= 11 is 3.15. The minimum atomic E-state index is -0.488. The molecule has 7 nitrogen and oxygen atoms in total. The van der Waals surface area contributed by atoms with Crippen LogP contribution in [0.1, 0.15) is 17.3 Å². The highest BCUT2D eigenvalue weighted by atomic mass is 79.9. The van der Waals surface area contributed by atoms with Crippen LogP contribution < -0.4 is 5.32 Å². The molecule has 2 aromatic rings. The summed E-state index contributed by atoms with van der Waals surface area (Å²) in [6.07, 6.45) is 1.49. The van der Waals surface area contributed by atoms with E-state index in [2.05, 4.69) is 31.2 Å². The van der Waals surface area contributed by atoms with E-state index in [9.17, 15) is 10.1 Å². The molecule has 0 atom stereocenters. The van der Waals surface area contributed by atoms with Crippen molar-refractivity contribution in [2.45, 2.75) is 20.4 Å². The van der Waals surface area contributed by atoms with Crippen molar-refractivity contribution in [3.05, 3.63) is 44.2 Å². The third-order valence-electron chi connectivity index (χ3n) is 2.45. The van der Waals surface area contributed by atoms with Crippen LogP contribution in [0.2, 0.25) is 0 Å². The Bertz CT molecular complexity index is 626. The second-order valence-electron chi connectivity index (χ2n) is 3.87. The number of aromatic nitrogens is 2. The van der Waals surface area contributed by atoms with Gasteiger partial charge in [-0.1, -0.05) is 0 Å². The van der Waals surface area contributed by atoms with Crippen molar-refractivity contribution >= 4 is 27.4 Å². The van der Waals surface area contributed by atoms with Gasteiger partial charge in [0.05, 0.1) is 17.2 Å². The quantitative estimate of drug-likeness (QED) is 0.685. The van der Waals surface area contributed by atoms with E-state index in [0.29, 0.717) is 22.7 Å². The highest BCUT2D eigenvalue weighted by molar-refractivity contribution is 9.10. The van der Waals surface area contributed by atoms with Crippen LogP contribution in [-0.2, 0) is 6.54 Å². The van der Waals surface area contributed by atoms with Crippen molar-refractivity contribution < 1.29 is 9.34 Å². The molecule has 0 aliphatic carbocycles. The van der Waals surface area contributed by atoms with Crippen LogP contribution >= 0.6 is 15.9 Å². The topological polar surface area (TPSA) is 94.1 Å². The average Bonchev–Trinajstić information content (AvgIpc) is 2.66. The molecule has 0 saturated carbocycles. The van der Waals surface area contributed by atoms with Crippen LogP contribution in [0.25, 0.3) is 0 Å². The minimum absolute atomic E-state index is 0.0942. The molecule has 0 unspecified atom stereocenters. The van der Waals surface area contributed by atoms with Crippen LogP contribution in [-0.4, -0.2) is 14.9 Å². The van der Waals surface area contributed by atoms with Crippen molar-refractivity contribution in [3.63, 3.8) is 0 Å². The number of hydrogen-bond acceptors (Lipinski definition) is 6. The average molecular weight is 327 g/mol. The lowest BCUT2D eigenvalue weighted by molar-refractivity contribution is -0.384. The maximum Gasteiger partial charge on any atom is 0.312 e. The lowest BCUT2D eigenvalue weighted by Gasteiger charge is -2.04. The maximum atomic E-state index is 10.9. The van der Waals surface area contributed by atoms with Crippen LogP contribution in [0.15, 0.2) is 21.2 Å². The smallest absolute Gasteiger partial charge is 0.312 e. The molecular formula is C11H11BrN4O3. The predicted octanol–water partition coefficient (Wildman–Crippen LogP) is 2.97. The van der Waals surface area contributed by atoms with E-state index in [4.69, 9.17) is 4.42 Å². The van der Waals surface area contributed by atoms with Gasteiger partial charge in [0, 0.05) is 23.7 Å². The minimum Gasteiger partial charge on any atom is -0.444 e. The van der Waals surface area contributed by atoms with E-state index in [-0.39, 0.29) is 11.5 Å². The number of hydrogen-bond donors (Lipinski definition) is 1. The first-order chi connectivity index (χ1) is 8.97. The van der Waals surface area contributed by atoms with Gasteiger partial charge < -0.3 is 9.73 Å². The van der Waals surface area contributed by atoms with Crippen molar-refractivity contribution in [2.24, 2.45) is 0 Å². The van der Waals surface area contributed by atoms with Crippen molar-refractivity contribution in [2.75, 3.05) is 5.32 Å². The molecule has 0 fully saturated rings. The van der Waals surface area contributed by atoms with Crippen LogP contribution in [0.3, 0.4) is 0 Å². The standard InChI is InChI=1S/C11H11BrN4O3/c1-6-10(19-7(2)15-6)5-14-11-9(16(17)18)3-8(12)4-13-11/h3-4H,5H2,1-2H3,(H,13,14). The van der Waals surface area contributed by atoms with Crippen LogP contribution in [0.4, 0.5) is 11.5 Å². The van der Waals surface area contributed by atoms with E-state index in [1.807, 2.05) is 6.92 Å². The van der Waals surface area contributed by atoms with Gasteiger partial charge in [0.15, 0.2) is 5.89 Å². The summed E-state index contributed by atoms with van der Waals surface area (Å²) in [6.45, 7) is 3.86. The Kier molecular flexibility index (Phi) is 3.79. The van der Waals surface area contributed by atoms with Crippen molar-refractivity contribution in [1.29, 1.82) is 0 Å². The summed E-state index contributed by atoms with van der Waals surface area (Å²) in [4.78, 5) is 18.6. The van der Waals surface area contributed by atoms with Gasteiger partial charge >= 0.3 is 5.69 Å². The number of nitro groups is 1. The molecule has 19 heavy (non-hydrogen) atoms. The number of rotatable bonds is 4. The molecule has 0 aliphatic heterocycles. The SMILES string of the molecule is Cc1nc(C)c(CNc2ncc(Br)cc2[N+](=O)[O-])o1. The molecule has 8 heteroatoms. The maximum absolute atomic E-state index is 10.9. The third kappa shape index (κ3) is 3.08. The first-order valence-corrected chi connectivity index (χ1v) is 6.23. The second kappa shape index (κ2) is 5.35. The zero-order valence-corrected chi connectivity index (χ0v) is 11.9. The fourth-order valence-corrected chi connectivity index (χ4v) is 1.92. The molecule has 0 radical (unpaired) electrons. The molecular weight excluding hydrogens is 316 g/mol. The van der Waals surface area contributed by atoms with Gasteiger partial charge in [-0.2, -0.15) is 0 Å². The van der Waals surface area contributed by atoms with Gasteiger partial charge in [0.1, 0.15) is 5.76 Å². The van der Waals surface area contributed by atoms with Crippen molar-refractivity contribution in [1.82, 2.24) is 9.97 Å². The molecule has 100 valence electrons. The molecule has 0 amide bonds. The number of aryl methyl sites for hydroxylation is 2. The summed E-state index contributed by atoms with van der Waals surface area (Å²) in [7, 11) is 0. The lowest BCUT2D eigenvalue weighted by Crippen LogP contribution is -2.05. The predicted molar refractivity (Wildman–Crippen MR) is 71.9 cm³/mol. The number of oxazole rings is 1. The van der Waals surface area contributed by atoms with Gasteiger partial charge in [0.25, 0.3) is 0 Å². The second-order valence-corrected chi connectivity index (χ2v) is 4.79. The Hall–Kier alpha value is -1.96. The molecule has 2 rings (SSSR count). The van der Waals surface area contributed by atoms with Gasteiger partial charge in [-0.15, -0.1) is 0 Å². The zero-order valence-electron chi connectivity index (χ0n) is 10.3. The molecule has 0 spiro atoms. The number of nitrogens with zero attached hydrogens (tertiary/aromatic N) is 3. The number of nitrogens with one attached hydrogen (secondary N) is 1. The highest BCUT2D eigenvalue weighted by Gasteiger charge is 2.16. The van der Waals surface area contributed by atoms with Crippen LogP contribution in [0, 0.1) is 24.0 Å². The van der Waals surface area contributed by atoms with E-state index in [0.717, 1.165) is 5.69 Å². The molecule has 1 N–H and O–H groups in total. The first kappa shape index (κ1) is 13.5. The van der Waals surface area contributed by atoms with E-state index >= 15 is 0 Å². The van der Waals surface area contributed by atoms with E-state index in [1.165, 1.54) is 12.3 Å². The van der Waals surface area contributed by atoms with Gasteiger partial charge in [-0.3, -0.25) is 10.1 Å². The Balaban J connectivity index is 2.20. The normalized spacial score (nSPS) is 10.5. The highest BCUT2D eigenvalue weighted by Crippen LogP contribution is 2.26. The summed E-state index contributed by atoms with van der Waals surface area (Å²) in [5, 5.41) is 13.8. The van der Waals surface area contributed by atoms with Gasteiger partial charge in [0.2, 0.25) is 5.82 Å². The molecule has 0 bridgehead atoms. The fraction of sp³-hybridized carbons (Fsp3) is 0.273. The van der Waals surface area contributed by atoms with Crippen molar-refractivity contribution in [3.8, 4) is 0 Å². The fourth-order valence-electron chi connectivity index (χ4n) is 1.61. The van der Waals surface area contributed by atoms with E-state index in [1.54, 1.807) is 6.92 Å². The Morgan fingerprint density at radius 1 is 1.53 bits per heavy atom.